The Kier molecular flexibility index (Phi) is 4.15. The van der Waals surface area contributed by atoms with Crippen LogP contribution in [-0.2, 0) is 0 Å². The van der Waals surface area contributed by atoms with Gasteiger partial charge in [0.2, 0.25) is 0 Å². The molecule has 0 aliphatic carbocycles. The molecule has 1 aromatic carbocycles. The molecule has 23 heavy (non-hydrogen) atoms. The van der Waals surface area contributed by atoms with E-state index in [1.807, 2.05) is 6.07 Å². The summed E-state index contributed by atoms with van der Waals surface area (Å²) in [4.78, 5) is 12.9. The van der Waals surface area contributed by atoms with Crippen LogP contribution in [0.3, 0.4) is 0 Å². The molecule has 0 saturated carbocycles. The number of thioether (sulfide) groups is 1. The van der Waals surface area contributed by atoms with Crippen molar-refractivity contribution in [1.82, 2.24) is 4.90 Å². The monoisotopic (exact) mass is 368 g/mol. The summed E-state index contributed by atoms with van der Waals surface area (Å²) < 4.78 is 0. The first-order valence-corrected chi connectivity index (χ1v) is 8.33. The number of nitrogens with zero attached hydrogens (tertiary/aromatic N) is 3. The molecular weight excluding hydrogens is 359 g/mol. The van der Waals surface area contributed by atoms with Gasteiger partial charge in [-0.15, -0.1) is 0 Å². The predicted octanol–water partition coefficient (Wildman–Crippen LogP) is 3.28. The van der Waals surface area contributed by atoms with Crippen molar-refractivity contribution in [2.24, 2.45) is 5.73 Å². The van der Waals surface area contributed by atoms with Crippen LogP contribution in [0.15, 0.2) is 40.3 Å². The molecule has 1 unspecified atom stereocenters. The lowest BCUT2D eigenvalue weighted by atomic mass is 9.87. The first kappa shape index (κ1) is 16.0. The lowest BCUT2D eigenvalue weighted by Gasteiger charge is -2.29. The number of benzene rings is 1. The van der Waals surface area contributed by atoms with Crippen LogP contribution in [0, 0.1) is 21.4 Å². The molecule has 0 spiro atoms. The van der Waals surface area contributed by atoms with Gasteiger partial charge in [-0.3, -0.25) is 10.1 Å². The summed E-state index contributed by atoms with van der Waals surface area (Å²) in [7, 11) is 0. The summed E-state index contributed by atoms with van der Waals surface area (Å²) in [6.45, 7) is 0.537. The molecule has 0 radical (unpaired) electrons. The number of fused-ring (bicyclic) bond motifs is 1. The quantitative estimate of drug-likeness (QED) is 0.635. The standard InChI is InChI=1S/C14H10Cl2N4O2S/c15-7-1-2-8(10(16)5-7)11-9(6-17)13(18)19-3-4-23-14(19)12(11)20(21)22/h1-2,5,11H,3-4,18H2. The van der Waals surface area contributed by atoms with Crippen LogP contribution in [-0.4, -0.2) is 22.1 Å². The third-order valence-electron chi connectivity index (χ3n) is 3.74. The lowest BCUT2D eigenvalue weighted by molar-refractivity contribution is -0.430. The first-order valence-electron chi connectivity index (χ1n) is 6.59. The van der Waals surface area contributed by atoms with E-state index in [-0.39, 0.29) is 22.1 Å². The van der Waals surface area contributed by atoms with E-state index >= 15 is 0 Å². The molecule has 1 fully saturated rings. The Morgan fingerprint density at radius 2 is 2.22 bits per heavy atom. The topological polar surface area (TPSA) is 96.2 Å². The van der Waals surface area contributed by atoms with Gasteiger partial charge in [0.25, 0.3) is 5.70 Å². The molecule has 1 saturated heterocycles. The molecule has 2 aliphatic rings. The van der Waals surface area contributed by atoms with E-state index in [4.69, 9.17) is 28.9 Å². The van der Waals surface area contributed by atoms with Gasteiger partial charge in [-0.2, -0.15) is 5.26 Å². The molecule has 9 heteroatoms. The van der Waals surface area contributed by atoms with Crippen molar-refractivity contribution in [1.29, 1.82) is 5.26 Å². The third kappa shape index (κ3) is 2.53. The number of nitro groups is 1. The van der Waals surface area contributed by atoms with Gasteiger partial charge in [0.1, 0.15) is 11.7 Å². The van der Waals surface area contributed by atoms with E-state index in [1.54, 1.807) is 17.0 Å². The summed E-state index contributed by atoms with van der Waals surface area (Å²) in [5, 5.41) is 22.4. The van der Waals surface area contributed by atoms with Gasteiger partial charge >= 0.3 is 0 Å². The molecular formula is C14H10Cl2N4O2S. The smallest absolute Gasteiger partial charge is 0.288 e. The zero-order chi connectivity index (χ0) is 16.7. The van der Waals surface area contributed by atoms with E-state index in [9.17, 15) is 15.4 Å². The van der Waals surface area contributed by atoms with Crippen LogP contribution in [0.1, 0.15) is 11.5 Å². The Bertz CT molecular complexity index is 815. The Balaban J connectivity index is 2.28. The van der Waals surface area contributed by atoms with Crippen molar-refractivity contribution >= 4 is 35.0 Å². The minimum atomic E-state index is -0.906. The zero-order valence-corrected chi connectivity index (χ0v) is 14.0. The van der Waals surface area contributed by atoms with Crippen LogP contribution in [0.25, 0.3) is 0 Å². The maximum Gasteiger partial charge on any atom is 0.288 e. The van der Waals surface area contributed by atoms with Crippen LogP contribution in [0.2, 0.25) is 10.0 Å². The van der Waals surface area contributed by atoms with Crippen molar-refractivity contribution in [2.45, 2.75) is 5.92 Å². The molecule has 0 bridgehead atoms. The second kappa shape index (κ2) is 5.96. The average molecular weight is 369 g/mol. The molecule has 2 N–H and O–H groups in total. The van der Waals surface area contributed by atoms with E-state index in [1.165, 1.54) is 17.8 Å². The molecule has 1 atom stereocenters. The summed E-state index contributed by atoms with van der Waals surface area (Å²) >= 11 is 13.5. The van der Waals surface area contributed by atoms with Crippen molar-refractivity contribution in [3.63, 3.8) is 0 Å². The largest absolute Gasteiger partial charge is 0.384 e. The van der Waals surface area contributed by atoms with E-state index in [0.717, 1.165) is 0 Å². The van der Waals surface area contributed by atoms with Gasteiger partial charge in [0, 0.05) is 22.3 Å². The minimum absolute atomic E-state index is 0.0672. The Hall–Kier alpha value is -1.88. The SMILES string of the molecule is N#CC1=C(N)N2CCSC2=C([N+](=O)[O-])C1c1ccc(Cl)cc1Cl. The minimum Gasteiger partial charge on any atom is -0.384 e. The van der Waals surface area contributed by atoms with E-state index in [0.29, 0.717) is 27.9 Å². The highest BCUT2D eigenvalue weighted by atomic mass is 35.5. The molecule has 0 amide bonds. The number of rotatable bonds is 2. The first-order chi connectivity index (χ1) is 11.0. The van der Waals surface area contributed by atoms with Gasteiger partial charge in [-0.1, -0.05) is 41.0 Å². The third-order valence-corrected chi connectivity index (χ3v) is 5.39. The van der Waals surface area contributed by atoms with Gasteiger partial charge in [0.05, 0.1) is 16.6 Å². The van der Waals surface area contributed by atoms with Crippen molar-refractivity contribution in [3.05, 3.63) is 66.0 Å². The van der Waals surface area contributed by atoms with Crippen LogP contribution < -0.4 is 5.73 Å². The highest BCUT2D eigenvalue weighted by Gasteiger charge is 2.45. The molecule has 6 nitrogen and oxygen atoms in total. The molecule has 1 aromatic rings. The predicted molar refractivity (Wildman–Crippen MR) is 89.2 cm³/mol. The Morgan fingerprint density at radius 3 is 2.83 bits per heavy atom. The van der Waals surface area contributed by atoms with Crippen molar-refractivity contribution in [2.75, 3.05) is 12.3 Å². The summed E-state index contributed by atoms with van der Waals surface area (Å²) in [5.41, 5.74) is 6.60. The number of allylic oxidation sites excluding steroid dienone is 1. The van der Waals surface area contributed by atoms with Gasteiger partial charge in [0.15, 0.2) is 5.03 Å². The highest BCUT2D eigenvalue weighted by molar-refractivity contribution is 8.03. The van der Waals surface area contributed by atoms with Crippen molar-refractivity contribution < 1.29 is 4.92 Å². The Morgan fingerprint density at radius 1 is 1.48 bits per heavy atom. The van der Waals surface area contributed by atoms with Crippen molar-refractivity contribution in [3.8, 4) is 6.07 Å². The van der Waals surface area contributed by atoms with Crippen LogP contribution in [0.4, 0.5) is 0 Å². The number of halogens is 2. The van der Waals surface area contributed by atoms with Gasteiger partial charge in [-0.25, -0.2) is 0 Å². The second-order valence-electron chi connectivity index (χ2n) is 4.96. The van der Waals surface area contributed by atoms with Gasteiger partial charge < -0.3 is 10.6 Å². The fraction of sp³-hybridized carbons (Fsp3) is 0.214. The second-order valence-corrected chi connectivity index (χ2v) is 6.88. The fourth-order valence-corrected chi connectivity index (χ4v) is 4.42. The molecule has 3 rings (SSSR count). The Labute approximate surface area is 146 Å². The summed E-state index contributed by atoms with van der Waals surface area (Å²) in [5.74, 6) is 0.0124. The average Bonchev–Trinajstić information content (AvgIpc) is 2.96. The maximum absolute atomic E-state index is 11.7. The van der Waals surface area contributed by atoms with E-state index < -0.39 is 10.8 Å². The molecule has 2 heterocycles. The fourth-order valence-electron chi connectivity index (χ4n) is 2.75. The van der Waals surface area contributed by atoms with Crippen LogP contribution >= 0.6 is 35.0 Å². The molecule has 118 valence electrons. The number of hydrogen-bond donors (Lipinski definition) is 1. The number of hydrogen-bond acceptors (Lipinski definition) is 6. The number of nitriles is 1. The summed E-state index contributed by atoms with van der Waals surface area (Å²) in [6, 6.07) is 6.70. The molecule has 2 aliphatic heterocycles. The van der Waals surface area contributed by atoms with Crippen LogP contribution in [0.5, 0.6) is 0 Å². The lowest BCUT2D eigenvalue weighted by Crippen LogP contribution is -2.34. The normalized spacial score (nSPS) is 20.6. The number of nitrogens with two attached hydrogens (primary N) is 1. The summed E-state index contributed by atoms with van der Waals surface area (Å²) in [6.07, 6.45) is 0. The van der Waals surface area contributed by atoms with Gasteiger partial charge in [-0.05, 0) is 17.7 Å². The highest BCUT2D eigenvalue weighted by Crippen LogP contribution is 2.47. The maximum atomic E-state index is 11.7. The van der Waals surface area contributed by atoms with E-state index in [2.05, 4.69) is 0 Å². The zero-order valence-electron chi connectivity index (χ0n) is 11.6. The molecule has 0 aromatic heterocycles.